The Morgan fingerprint density at radius 3 is 2.94 bits per heavy atom. The number of aromatic nitrogens is 4. The molecule has 0 aliphatic rings. The first-order chi connectivity index (χ1) is 7.78. The third-order valence-corrected chi connectivity index (χ3v) is 2.50. The van der Waals surface area contributed by atoms with Crippen molar-refractivity contribution in [3.05, 3.63) is 29.5 Å². The second-order valence-corrected chi connectivity index (χ2v) is 3.63. The van der Waals surface area contributed by atoms with Crippen molar-refractivity contribution < 1.29 is 4.74 Å². The molecule has 0 aliphatic carbocycles. The molecular weight excluding hydrogens is 228 g/mol. The first-order valence-electron chi connectivity index (χ1n) is 4.63. The van der Waals surface area contributed by atoms with Crippen LogP contribution in [0.5, 0.6) is 5.88 Å². The zero-order chi connectivity index (χ0) is 11.1. The molecule has 0 saturated heterocycles. The fraction of sp³-hybridized carbons (Fsp3) is 0.100. The molecule has 3 heterocycles. The van der Waals surface area contributed by atoms with Gasteiger partial charge in [-0.3, -0.25) is 0 Å². The lowest BCUT2D eigenvalue weighted by molar-refractivity contribution is 0.399. The number of fused-ring (bicyclic) bond motifs is 3. The number of nitrogens with zero attached hydrogens (tertiary/aromatic N) is 4. The van der Waals surface area contributed by atoms with Gasteiger partial charge in [0.2, 0.25) is 5.88 Å². The minimum absolute atomic E-state index is 0.435. The summed E-state index contributed by atoms with van der Waals surface area (Å²) in [5.41, 5.74) is 1.28. The summed E-state index contributed by atoms with van der Waals surface area (Å²) in [7, 11) is 1.57. The van der Waals surface area contributed by atoms with Gasteiger partial charge in [-0.2, -0.15) is 4.98 Å². The number of hydrogen-bond donors (Lipinski definition) is 0. The first-order valence-corrected chi connectivity index (χ1v) is 5.01. The fourth-order valence-corrected chi connectivity index (χ4v) is 1.69. The van der Waals surface area contributed by atoms with Crippen LogP contribution >= 0.6 is 11.6 Å². The Balaban J connectivity index is 2.41. The highest BCUT2D eigenvalue weighted by Crippen LogP contribution is 2.20. The van der Waals surface area contributed by atoms with Crippen LogP contribution < -0.4 is 4.74 Å². The van der Waals surface area contributed by atoms with Crippen molar-refractivity contribution in [1.82, 2.24) is 19.6 Å². The Kier molecular flexibility index (Phi) is 1.94. The maximum atomic E-state index is 5.84. The van der Waals surface area contributed by atoms with Crippen LogP contribution in [0, 0.1) is 0 Å². The molecule has 3 aromatic heterocycles. The lowest BCUT2D eigenvalue weighted by Crippen LogP contribution is -1.88. The maximum absolute atomic E-state index is 5.84. The monoisotopic (exact) mass is 234 g/mol. The molecule has 0 amide bonds. The summed E-state index contributed by atoms with van der Waals surface area (Å²) in [6.07, 6.45) is 1.75. The summed E-state index contributed by atoms with van der Waals surface area (Å²) < 4.78 is 6.68. The average molecular weight is 235 g/mol. The highest BCUT2D eigenvalue weighted by molar-refractivity contribution is 6.29. The fourth-order valence-electron chi connectivity index (χ4n) is 1.55. The van der Waals surface area contributed by atoms with E-state index in [-0.39, 0.29) is 0 Å². The molecule has 0 fully saturated rings. The minimum Gasteiger partial charge on any atom is -0.481 e. The lowest BCUT2D eigenvalue weighted by atomic mass is 10.3. The molecular formula is C10H7ClN4O. The van der Waals surface area contributed by atoms with Crippen LogP contribution in [0.1, 0.15) is 0 Å². The quantitative estimate of drug-likeness (QED) is 0.604. The molecule has 0 unspecified atom stereocenters. The van der Waals surface area contributed by atoms with E-state index in [9.17, 15) is 0 Å². The van der Waals surface area contributed by atoms with E-state index in [1.165, 1.54) is 0 Å². The van der Waals surface area contributed by atoms with Crippen molar-refractivity contribution in [1.29, 1.82) is 0 Å². The molecule has 16 heavy (non-hydrogen) atoms. The summed E-state index contributed by atoms with van der Waals surface area (Å²) in [5.74, 6) is 0.530. The van der Waals surface area contributed by atoms with Gasteiger partial charge in [0.05, 0.1) is 12.5 Å². The van der Waals surface area contributed by atoms with E-state index in [2.05, 4.69) is 15.1 Å². The van der Waals surface area contributed by atoms with E-state index < -0.39 is 0 Å². The van der Waals surface area contributed by atoms with Crippen molar-refractivity contribution in [3.63, 3.8) is 0 Å². The standard InChI is InChI=1S/C10H7ClN4O/c1-16-8-3-2-6-9(13-8)14-15-5-4-7(11)12-10(6)15/h2-5H,1H3. The van der Waals surface area contributed by atoms with Gasteiger partial charge in [-0.25, -0.2) is 9.50 Å². The molecule has 0 spiro atoms. The molecule has 80 valence electrons. The van der Waals surface area contributed by atoms with E-state index in [4.69, 9.17) is 16.3 Å². The molecule has 0 bridgehead atoms. The molecule has 0 radical (unpaired) electrons. The van der Waals surface area contributed by atoms with E-state index in [1.54, 1.807) is 30.0 Å². The van der Waals surface area contributed by atoms with E-state index in [0.29, 0.717) is 22.3 Å². The van der Waals surface area contributed by atoms with Crippen LogP contribution in [0.2, 0.25) is 5.15 Å². The number of rotatable bonds is 1. The zero-order valence-electron chi connectivity index (χ0n) is 8.38. The number of hydrogen-bond acceptors (Lipinski definition) is 4. The Hall–Kier alpha value is -1.88. The van der Waals surface area contributed by atoms with Crippen LogP contribution in [-0.2, 0) is 0 Å². The Bertz CT molecular complexity index is 679. The van der Waals surface area contributed by atoms with Crippen molar-refractivity contribution in [2.75, 3.05) is 7.11 Å². The second-order valence-electron chi connectivity index (χ2n) is 3.24. The highest BCUT2D eigenvalue weighted by atomic mass is 35.5. The molecule has 0 atom stereocenters. The van der Waals surface area contributed by atoms with Gasteiger partial charge in [0, 0.05) is 12.3 Å². The number of methoxy groups -OCH3 is 1. The third-order valence-electron chi connectivity index (χ3n) is 2.29. The highest BCUT2D eigenvalue weighted by Gasteiger charge is 2.08. The SMILES string of the molecule is COc1ccc2c(n1)nn1ccc(Cl)nc21. The van der Waals surface area contributed by atoms with Crippen molar-refractivity contribution in [3.8, 4) is 5.88 Å². The summed E-state index contributed by atoms with van der Waals surface area (Å²) in [4.78, 5) is 8.43. The van der Waals surface area contributed by atoms with E-state index >= 15 is 0 Å². The van der Waals surface area contributed by atoms with Gasteiger partial charge in [0.25, 0.3) is 0 Å². The Morgan fingerprint density at radius 2 is 2.12 bits per heavy atom. The summed E-state index contributed by atoms with van der Waals surface area (Å²) in [5, 5.41) is 5.55. The molecule has 0 aliphatic heterocycles. The van der Waals surface area contributed by atoms with Crippen LogP contribution in [0.25, 0.3) is 16.7 Å². The largest absolute Gasteiger partial charge is 0.481 e. The molecule has 0 aromatic carbocycles. The normalized spacial score (nSPS) is 11.1. The van der Waals surface area contributed by atoms with E-state index in [0.717, 1.165) is 5.39 Å². The van der Waals surface area contributed by atoms with Crippen LogP contribution in [-0.4, -0.2) is 26.7 Å². The maximum Gasteiger partial charge on any atom is 0.215 e. The molecule has 0 saturated carbocycles. The molecule has 3 rings (SSSR count). The van der Waals surface area contributed by atoms with Crippen LogP contribution in [0.4, 0.5) is 0 Å². The Morgan fingerprint density at radius 1 is 1.25 bits per heavy atom. The average Bonchev–Trinajstić information content (AvgIpc) is 2.66. The zero-order valence-corrected chi connectivity index (χ0v) is 9.14. The van der Waals surface area contributed by atoms with Crippen molar-refractivity contribution in [2.45, 2.75) is 0 Å². The number of pyridine rings is 1. The van der Waals surface area contributed by atoms with Gasteiger partial charge < -0.3 is 4.74 Å². The van der Waals surface area contributed by atoms with Gasteiger partial charge in [-0.05, 0) is 12.1 Å². The first kappa shape index (κ1) is 9.35. The number of halogens is 1. The molecule has 3 aromatic rings. The predicted octanol–water partition coefficient (Wildman–Crippen LogP) is 1.94. The molecule has 6 heteroatoms. The van der Waals surface area contributed by atoms with Crippen LogP contribution in [0.15, 0.2) is 24.4 Å². The van der Waals surface area contributed by atoms with Gasteiger partial charge in [0.1, 0.15) is 5.15 Å². The predicted molar refractivity (Wildman–Crippen MR) is 59.9 cm³/mol. The second kappa shape index (κ2) is 3.31. The van der Waals surface area contributed by atoms with Gasteiger partial charge in [-0.1, -0.05) is 11.6 Å². The van der Waals surface area contributed by atoms with Gasteiger partial charge in [-0.15, -0.1) is 5.10 Å². The Labute approximate surface area is 95.6 Å². The molecule has 5 nitrogen and oxygen atoms in total. The topological polar surface area (TPSA) is 52.3 Å². The summed E-state index contributed by atoms with van der Waals surface area (Å²) in [6, 6.07) is 5.32. The van der Waals surface area contributed by atoms with Crippen LogP contribution in [0.3, 0.4) is 0 Å². The summed E-state index contributed by atoms with van der Waals surface area (Å²) >= 11 is 5.84. The number of ether oxygens (including phenoxy) is 1. The minimum atomic E-state index is 0.435. The third kappa shape index (κ3) is 1.29. The summed E-state index contributed by atoms with van der Waals surface area (Å²) in [6.45, 7) is 0. The van der Waals surface area contributed by atoms with Gasteiger partial charge in [0.15, 0.2) is 11.3 Å². The van der Waals surface area contributed by atoms with Crippen molar-refractivity contribution >= 4 is 28.3 Å². The molecule has 0 N–H and O–H groups in total. The van der Waals surface area contributed by atoms with Gasteiger partial charge >= 0.3 is 0 Å². The lowest BCUT2D eigenvalue weighted by Gasteiger charge is -1.95. The van der Waals surface area contributed by atoms with E-state index in [1.807, 2.05) is 6.07 Å². The smallest absolute Gasteiger partial charge is 0.215 e. The van der Waals surface area contributed by atoms with Crippen molar-refractivity contribution in [2.24, 2.45) is 0 Å².